The van der Waals surface area contributed by atoms with E-state index in [2.05, 4.69) is 126 Å². The molecule has 0 bridgehead atoms. The summed E-state index contributed by atoms with van der Waals surface area (Å²) in [5, 5.41) is 2.41. The van der Waals surface area contributed by atoms with Crippen LogP contribution in [0, 0.1) is 0 Å². The van der Waals surface area contributed by atoms with Gasteiger partial charge in [-0.05, 0) is 37.4 Å². The Hall–Kier alpha value is -2.94. The molecule has 0 radical (unpaired) electrons. The van der Waals surface area contributed by atoms with Crippen LogP contribution >= 0.6 is 9.24 Å². The van der Waals surface area contributed by atoms with Gasteiger partial charge in [0.05, 0.1) is 22.3 Å². The smallest absolute Gasteiger partial charge is 0.309 e. The van der Waals surface area contributed by atoms with Gasteiger partial charge in [0.1, 0.15) is 5.82 Å². The molecule has 4 aromatic carbocycles. The van der Waals surface area contributed by atoms with Gasteiger partial charge in [-0.1, -0.05) is 92.1 Å². The van der Waals surface area contributed by atoms with Crippen molar-refractivity contribution >= 4 is 44.0 Å². The van der Waals surface area contributed by atoms with Crippen LogP contribution in [-0.2, 0) is 4.65 Å². The summed E-state index contributed by atoms with van der Waals surface area (Å²) in [6.45, 7) is 8.64. The second-order valence-corrected chi connectivity index (χ2v) is 11.4. The van der Waals surface area contributed by atoms with E-state index in [0.29, 0.717) is 7.48 Å². The monoisotopic (exact) mass is 464 g/mol. The highest BCUT2D eigenvalue weighted by Crippen LogP contribution is 2.34. The standard InChI is InChI=1S/C29H30BN2OP/c1-28(2,29(3,4)34)33-30-22-18-16-21(17-19-22)27-31-24-13-7-8-14-26(24)32(27)25-15-9-11-20-10-5-6-12-23(20)25/h5-19,30H,34H2,1-4H3. The molecule has 5 rings (SSSR count). The molecule has 1 heterocycles. The van der Waals surface area contributed by atoms with Crippen molar-refractivity contribution in [3.8, 4) is 17.1 Å². The Morgan fingerprint density at radius 1 is 0.794 bits per heavy atom. The first-order chi connectivity index (χ1) is 16.2. The fraction of sp³-hybridized carbons (Fsp3) is 0.207. The Morgan fingerprint density at radius 2 is 1.47 bits per heavy atom. The molecule has 0 fully saturated rings. The maximum absolute atomic E-state index is 6.27. The molecule has 1 unspecified atom stereocenters. The zero-order valence-corrected chi connectivity index (χ0v) is 21.4. The van der Waals surface area contributed by atoms with Crippen LogP contribution in [0.15, 0.2) is 91.0 Å². The summed E-state index contributed by atoms with van der Waals surface area (Å²) in [7, 11) is 3.47. The van der Waals surface area contributed by atoms with Crippen LogP contribution in [0.25, 0.3) is 38.9 Å². The molecule has 34 heavy (non-hydrogen) atoms. The third-order valence-corrected chi connectivity index (χ3v) is 7.63. The van der Waals surface area contributed by atoms with Gasteiger partial charge in [0.15, 0.2) is 0 Å². The number of fused-ring (bicyclic) bond motifs is 2. The third kappa shape index (κ3) is 4.17. The minimum absolute atomic E-state index is 0.0176. The molecule has 0 aliphatic heterocycles. The number of hydrogen-bond donors (Lipinski definition) is 0. The first kappa shape index (κ1) is 22.8. The van der Waals surface area contributed by atoms with E-state index in [-0.39, 0.29) is 10.8 Å². The molecule has 0 aliphatic carbocycles. The number of hydrogen-bond acceptors (Lipinski definition) is 2. The second kappa shape index (κ2) is 8.69. The fourth-order valence-corrected chi connectivity index (χ4v) is 4.15. The summed E-state index contributed by atoms with van der Waals surface area (Å²) >= 11 is 0. The molecule has 0 spiro atoms. The van der Waals surface area contributed by atoms with E-state index in [0.717, 1.165) is 33.6 Å². The molecule has 1 atom stereocenters. The van der Waals surface area contributed by atoms with Gasteiger partial charge in [-0.2, -0.15) is 0 Å². The Morgan fingerprint density at radius 3 is 2.24 bits per heavy atom. The predicted molar refractivity (Wildman–Crippen MR) is 150 cm³/mol. The third-order valence-electron chi connectivity index (χ3n) is 6.93. The quantitative estimate of drug-likeness (QED) is 0.219. The van der Waals surface area contributed by atoms with Crippen LogP contribution < -0.4 is 5.46 Å². The summed E-state index contributed by atoms with van der Waals surface area (Å²) < 4.78 is 8.55. The molecule has 0 aliphatic rings. The van der Waals surface area contributed by atoms with Crippen LogP contribution in [0.4, 0.5) is 0 Å². The van der Waals surface area contributed by atoms with Gasteiger partial charge in [0, 0.05) is 16.1 Å². The summed E-state index contributed by atoms with van der Waals surface area (Å²) in [4.78, 5) is 5.04. The molecule has 0 saturated carbocycles. The maximum Gasteiger partial charge on any atom is 0.309 e. The summed E-state index contributed by atoms with van der Waals surface area (Å²) in [6, 6.07) is 31.9. The van der Waals surface area contributed by atoms with Gasteiger partial charge in [-0.3, -0.25) is 4.57 Å². The van der Waals surface area contributed by atoms with Crippen molar-refractivity contribution in [3.05, 3.63) is 91.0 Å². The lowest BCUT2D eigenvalue weighted by atomic mass is 9.83. The van der Waals surface area contributed by atoms with Crippen LogP contribution in [0.1, 0.15) is 27.7 Å². The SMILES string of the molecule is CC(C)(P)C(C)(C)OBc1ccc(-c2nc3ccccc3n2-c2cccc3ccccc23)cc1. The fourth-order valence-electron chi connectivity index (χ4n) is 4.07. The van der Waals surface area contributed by atoms with E-state index in [4.69, 9.17) is 9.64 Å². The highest BCUT2D eigenvalue weighted by molar-refractivity contribution is 7.19. The largest absolute Gasteiger partial charge is 0.429 e. The molecule has 170 valence electrons. The van der Waals surface area contributed by atoms with E-state index >= 15 is 0 Å². The molecule has 5 aromatic rings. The Balaban J connectivity index is 1.56. The summed E-state index contributed by atoms with van der Waals surface area (Å²) in [6.07, 6.45) is 0. The average Bonchev–Trinajstić information content (AvgIpc) is 3.21. The van der Waals surface area contributed by atoms with Crippen molar-refractivity contribution in [1.82, 2.24) is 9.55 Å². The first-order valence-corrected chi connectivity index (χ1v) is 12.3. The number of imidazole rings is 1. The molecule has 5 heteroatoms. The van der Waals surface area contributed by atoms with Gasteiger partial charge in [-0.15, -0.1) is 9.24 Å². The van der Waals surface area contributed by atoms with Gasteiger partial charge in [-0.25, -0.2) is 4.98 Å². The number of nitrogens with zero attached hydrogens (tertiary/aromatic N) is 2. The Labute approximate surface area is 204 Å². The number of rotatable bonds is 6. The van der Waals surface area contributed by atoms with Crippen molar-refractivity contribution < 1.29 is 4.65 Å². The average molecular weight is 464 g/mol. The first-order valence-electron chi connectivity index (χ1n) is 11.7. The molecule has 1 aromatic heterocycles. The number of benzene rings is 4. The van der Waals surface area contributed by atoms with Crippen molar-refractivity contribution in [2.45, 2.75) is 38.5 Å². The molecule has 0 saturated heterocycles. The molecular weight excluding hydrogens is 434 g/mol. The van der Waals surface area contributed by atoms with Crippen molar-refractivity contribution in [1.29, 1.82) is 0 Å². The van der Waals surface area contributed by atoms with Crippen LogP contribution in [0.5, 0.6) is 0 Å². The van der Waals surface area contributed by atoms with Crippen molar-refractivity contribution in [2.75, 3.05) is 0 Å². The lowest BCUT2D eigenvalue weighted by Gasteiger charge is -2.39. The van der Waals surface area contributed by atoms with Gasteiger partial charge in [0.2, 0.25) is 0 Å². The highest BCUT2D eigenvalue weighted by Gasteiger charge is 2.33. The lowest BCUT2D eigenvalue weighted by Crippen LogP contribution is -2.45. The molecule has 0 amide bonds. The number of para-hydroxylation sites is 2. The minimum Gasteiger partial charge on any atom is -0.429 e. The van der Waals surface area contributed by atoms with Crippen molar-refractivity contribution in [2.24, 2.45) is 0 Å². The van der Waals surface area contributed by atoms with Crippen LogP contribution in [0.3, 0.4) is 0 Å². The van der Waals surface area contributed by atoms with Crippen LogP contribution in [0.2, 0.25) is 0 Å². The maximum atomic E-state index is 6.27. The van der Waals surface area contributed by atoms with E-state index in [9.17, 15) is 0 Å². The van der Waals surface area contributed by atoms with E-state index in [1.54, 1.807) is 0 Å². The summed E-state index contributed by atoms with van der Waals surface area (Å²) in [5.41, 5.74) is 5.21. The lowest BCUT2D eigenvalue weighted by molar-refractivity contribution is 0.0841. The molecule has 0 N–H and O–H groups in total. The van der Waals surface area contributed by atoms with E-state index < -0.39 is 0 Å². The van der Waals surface area contributed by atoms with E-state index in [1.165, 1.54) is 10.8 Å². The van der Waals surface area contributed by atoms with Gasteiger partial charge >= 0.3 is 7.48 Å². The number of aromatic nitrogens is 2. The normalized spacial score (nSPS) is 12.4. The van der Waals surface area contributed by atoms with E-state index in [1.807, 2.05) is 6.07 Å². The minimum atomic E-state index is -0.251. The zero-order chi connectivity index (χ0) is 23.9. The van der Waals surface area contributed by atoms with Crippen LogP contribution in [-0.4, -0.2) is 27.8 Å². The Bertz CT molecular complexity index is 1460. The van der Waals surface area contributed by atoms with Gasteiger partial charge in [0.25, 0.3) is 0 Å². The molecular formula is C29H30BN2OP. The highest BCUT2D eigenvalue weighted by atomic mass is 31.0. The zero-order valence-electron chi connectivity index (χ0n) is 20.2. The molecule has 3 nitrogen and oxygen atoms in total. The van der Waals surface area contributed by atoms with Gasteiger partial charge < -0.3 is 4.65 Å². The Kier molecular flexibility index (Phi) is 5.84. The predicted octanol–water partition coefficient (Wildman–Crippen LogP) is 6.27. The van der Waals surface area contributed by atoms with Crippen molar-refractivity contribution in [3.63, 3.8) is 0 Å². The topological polar surface area (TPSA) is 27.1 Å². The summed E-state index contributed by atoms with van der Waals surface area (Å²) in [5.74, 6) is 0.941. The second-order valence-electron chi connectivity index (χ2n) is 9.98.